The van der Waals surface area contributed by atoms with Crippen molar-refractivity contribution in [2.75, 3.05) is 18.2 Å². The van der Waals surface area contributed by atoms with Crippen molar-refractivity contribution in [3.63, 3.8) is 0 Å². The third-order valence-corrected chi connectivity index (χ3v) is 5.52. The number of hydrogen-bond acceptors (Lipinski definition) is 6. The molecule has 2 aromatic carbocycles. The van der Waals surface area contributed by atoms with Gasteiger partial charge in [-0.3, -0.25) is 4.79 Å². The molecule has 0 atom stereocenters. The number of ether oxygens (including phenoxy) is 1. The van der Waals surface area contributed by atoms with Gasteiger partial charge in [0.25, 0.3) is 0 Å². The molecule has 0 aliphatic heterocycles. The second-order valence-corrected chi connectivity index (χ2v) is 7.84. The highest BCUT2D eigenvalue weighted by Gasteiger charge is 2.12. The number of nitrogens with zero attached hydrogens (tertiary/aromatic N) is 4. The molecule has 1 N–H and O–H groups in total. The Bertz CT molecular complexity index is 1200. The third kappa shape index (κ3) is 4.28. The fourth-order valence-electron chi connectivity index (χ4n) is 2.97. The molecule has 0 unspecified atom stereocenters. The van der Waals surface area contributed by atoms with E-state index in [4.69, 9.17) is 4.74 Å². The number of carbonyl (C=O) groups excluding carboxylic acids is 1. The number of aromatic nitrogens is 4. The quantitative estimate of drug-likeness (QED) is 0.473. The average Bonchev–Trinajstić information content (AvgIpc) is 3.18. The summed E-state index contributed by atoms with van der Waals surface area (Å²) in [6.45, 7) is 3.98. The van der Waals surface area contributed by atoms with Crippen LogP contribution in [0.5, 0.6) is 5.75 Å². The minimum atomic E-state index is -0.0743. The number of thioether (sulfide) groups is 1. The second-order valence-electron chi connectivity index (χ2n) is 6.85. The molecule has 0 aliphatic carbocycles. The summed E-state index contributed by atoms with van der Waals surface area (Å²) in [5, 5.41) is 16.7. The van der Waals surface area contributed by atoms with Gasteiger partial charge in [-0.2, -0.15) is 9.61 Å². The number of methoxy groups -OCH3 is 1. The topological polar surface area (TPSA) is 81.4 Å². The number of hydrogen-bond donors (Lipinski definition) is 1. The zero-order chi connectivity index (χ0) is 21.1. The van der Waals surface area contributed by atoms with Gasteiger partial charge in [0.05, 0.1) is 12.9 Å². The van der Waals surface area contributed by atoms with Gasteiger partial charge in [-0.1, -0.05) is 23.9 Å². The molecule has 2 aromatic heterocycles. The maximum Gasteiger partial charge on any atom is 0.234 e. The molecule has 0 saturated carbocycles. The largest absolute Gasteiger partial charge is 0.497 e. The Labute approximate surface area is 178 Å². The van der Waals surface area contributed by atoms with E-state index in [2.05, 4.69) is 20.6 Å². The molecule has 0 bridgehead atoms. The minimum absolute atomic E-state index is 0.0743. The van der Waals surface area contributed by atoms with Gasteiger partial charge >= 0.3 is 0 Å². The predicted molar refractivity (Wildman–Crippen MR) is 118 cm³/mol. The lowest BCUT2D eigenvalue weighted by molar-refractivity contribution is -0.113. The Hall–Kier alpha value is -3.39. The van der Waals surface area contributed by atoms with Gasteiger partial charge in [0, 0.05) is 11.3 Å². The van der Waals surface area contributed by atoms with E-state index in [1.807, 2.05) is 68.4 Å². The highest BCUT2D eigenvalue weighted by molar-refractivity contribution is 7.99. The Morgan fingerprint density at radius 3 is 2.63 bits per heavy atom. The van der Waals surface area contributed by atoms with Crippen molar-refractivity contribution in [1.29, 1.82) is 0 Å². The summed E-state index contributed by atoms with van der Waals surface area (Å²) in [7, 11) is 1.63. The molecule has 2 heterocycles. The molecule has 7 nitrogen and oxygen atoms in total. The second kappa shape index (κ2) is 8.54. The van der Waals surface area contributed by atoms with E-state index in [1.54, 1.807) is 11.6 Å². The summed E-state index contributed by atoms with van der Waals surface area (Å²) >= 11 is 1.37. The van der Waals surface area contributed by atoms with Crippen molar-refractivity contribution in [2.24, 2.45) is 0 Å². The smallest absolute Gasteiger partial charge is 0.234 e. The predicted octanol–water partition coefficient (Wildman–Crippen LogP) is 4.15. The lowest BCUT2D eigenvalue weighted by Gasteiger charge is -2.09. The standard InChI is InChI=1S/C22H21N5O2S/c1-14-4-5-15(2)18(12-14)23-20(28)13-30-21-11-10-19-24-25-22(27(19)26-21)16-6-8-17(29-3)9-7-16/h4-12H,13H2,1-3H3,(H,23,28). The number of rotatable bonds is 6. The number of carbonyl (C=O) groups is 1. The third-order valence-electron chi connectivity index (χ3n) is 4.60. The fourth-order valence-corrected chi connectivity index (χ4v) is 3.62. The van der Waals surface area contributed by atoms with Crippen LogP contribution in [0.3, 0.4) is 0 Å². The van der Waals surface area contributed by atoms with Crippen LogP contribution in [0.15, 0.2) is 59.6 Å². The Kier molecular flexibility index (Phi) is 5.67. The van der Waals surface area contributed by atoms with Crippen molar-refractivity contribution in [2.45, 2.75) is 18.9 Å². The highest BCUT2D eigenvalue weighted by Crippen LogP contribution is 2.23. The van der Waals surface area contributed by atoms with E-state index >= 15 is 0 Å². The maximum absolute atomic E-state index is 12.4. The Morgan fingerprint density at radius 2 is 1.87 bits per heavy atom. The van der Waals surface area contributed by atoms with Crippen molar-refractivity contribution < 1.29 is 9.53 Å². The summed E-state index contributed by atoms with van der Waals surface area (Å²) in [6, 6.07) is 17.2. The summed E-state index contributed by atoms with van der Waals surface area (Å²) < 4.78 is 6.89. The minimum Gasteiger partial charge on any atom is -0.497 e. The van der Waals surface area contributed by atoms with Gasteiger partial charge in [-0.05, 0) is 67.4 Å². The van der Waals surface area contributed by atoms with Gasteiger partial charge < -0.3 is 10.1 Å². The molecule has 4 rings (SSSR count). The first-order valence-electron chi connectivity index (χ1n) is 9.40. The monoisotopic (exact) mass is 419 g/mol. The van der Waals surface area contributed by atoms with Gasteiger partial charge in [0.2, 0.25) is 5.91 Å². The molecule has 0 aliphatic rings. The summed E-state index contributed by atoms with van der Waals surface area (Å²) in [5.74, 6) is 1.59. The molecule has 1 amide bonds. The van der Waals surface area contributed by atoms with Gasteiger partial charge in [-0.15, -0.1) is 10.2 Å². The first-order chi connectivity index (χ1) is 14.5. The maximum atomic E-state index is 12.4. The van der Waals surface area contributed by atoms with Crippen LogP contribution < -0.4 is 10.1 Å². The SMILES string of the molecule is COc1ccc(-c2nnc3ccc(SCC(=O)Nc4cc(C)ccc4C)nn23)cc1. The Morgan fingerprint density at radius 1 is 1.07 bits per heavy atom. The van der Waals surface area contributed by atoms with Crippen LogP contribution in [-0.2, 0) is 4.79 Å². The van der Waals surface area contributed by atoms with E-state index in [-0.39, 0.29) is 11.7 Å². The average molecular weight is 420 g/mol. The lowest BCUT2D eigenvalue weighted by Crippen LogP contribution is -2.15. The van der Waals surface area contributed by atoms with Crippen LogP contribution in [0.2, 0.25) is 0 Å². The first kappa shape index (κ1) is 19.9. The number of anilines is 1. The van der Waals surface area contributed by atoms with Crippen molar-refractivity contribution in [3.05, 3.63) is 65.7 Å². The normalized spacial score (nSPS) is 10.9. The number of aryl methyl sites for hydroxylation is 2. The van der Waals surface area contributed by atoms with E-state index in [9.17, 15) is 4.79 Å². The first-order valence-corrected chi connectivity index (χ1v) is 10.4. The number of benzene rings is 2. The lowest BCUT2D eigenvalue weighted by atomic mass is 10.1. The molecule has 152 valence electrons. The van der Waals surface area contributed by atoms with Crippen LogP contribution in [0, 0.1) is 13.8 Å². The summed E-state index contributed by atoms with van der Waals surface area (Å²) in [6.07, 6.45) is 0. The number of nitrogens with one attached hydrogen (secondary N) is 1. The summed E-state index contributed by atoms with van der Waals surface area (Å²) in [4.78, 5) is 12.4. The fraction of sp³-hybridized carbons (Fsp3) is 0.182. The van der Waals surface area contributed by atoms with Crippen LogP contribution in [0.1, 0.15) is 11.1 Å². The summed E-state index contributed by atoms with van der Waals surface area (Å²) in [5.41, 5.74) is 4.50. The molecule has 0 spiro atoms. The Balaban J connectivity index is 1.49. The van der Waals surface area contributed by atoms with E-state index < -0.39 is 0 Å². The van der Waals surface area contributed by atoms with Crippen LogP contribution in [-0.4, -0.2) is 38.6 Å². The zero-order valence-corrected chi connectivity index (χ0v) is 17.7. The number of fused-ring (bicyclic) bond motifs is 1. The zero-order valence-electron chi connectivity index (χ0n) is 16.9. The van der Waals surface area contributed by atoms with E-state index in [0.29, 0.717) is 16.5 Å². The highest BCUT2D eigenvalue weighted by atomic mass is 32.2. The molecule has 4 aromatic rings. The molecular weight excluding hydrogens is 398 g/mol. The van der Waals surface area contributed by atoms with Crippen molar-refractivity contribution in [3.8, 4) is 17.1 Å². The molecule has 0 radical (unpaired) electrons. The van der Waals surface area contributed by atoms with E-state index in [1.165, 1.54) is 11.8 Å². The van der Waals surface area contributed by atoms with Gasteiger partial charge in [0.1, 0.15) is 10.8 Å². The van der Waals surface area contributed by atoms with Gasteiger partial charge in [-0.25, -0.2) is 0 Å². The van der Waals surface area contributed by atoms with Crippen molar-refractivity contribution in [1.82, 2.24) is 19.8 Å². The number of amides is 1. The van der Waals surface area contributed by atoms with Crippen LogP contribution >= 0.6 is 11.8 Å². The molecule has 30 heavy (non-hydrogen) atoms. The van der Waals surface area contributed by atoms with E-state index in [0.717, 1.165) is 28.1 Å². The molecular formula is C22H21N5O2S. The van der Waals surface area contributed by atoms with Crippen molar-refractivity contribution >= 4 is 29.0 Å². The van der Waals surface area contributed by atoms with Crippen LogP contribution in [0.25, 0.3) is 17.0 Å². The van der Waals surface area contributed by atoms with Gasteiger partial charge in [0.15, 0.2) is 11.5 Å². The molecule has 8 heteroatoms. The van der Waals surface area contributed by atoms with Crippen LogP contribution in [0.4, 0.5) is 5.69 Å². The molecule has 0 fully saturated rings. The molecule has 0 saturated heterocycles.